The third-order valence-corrected chi connectivity index (χ3v) is 3.28. The lowest BCUT2D eigenvalue weighted by Gasteiger charge is -2.10. The molecule has 5 nitrogen and oxygen atoms in total. The topological polar surface area (TPSA) is 85.2 Å². The molecule has 0 saturated carbocycles. The lowest BCUT2D eigenvalue weighted by Crippen LogP contribution is -2.26. The van der Waals surface area contributed by atoms with E-state index in [1.807, 2.05) is 18.2 Å². The molecule has 0 bridgehead atoms. The Bertz CT molecular complexity index is 703. The van der Waals surface area contributed by atoms with Gasteiger partial charge in [0.05, 0.1) is 17.7 Å². The van der Waals surface area contributed by atoms with Crippen molar-refractivity contribution in [2.24, 2.45) is 0 Å². The average molecular weight is 309 g/mol. The lowest BCUT2D eigenvalue weighted by molar-refractivity contribution is 0.0945. The van der Waals surface area contributed by atoms with Crippen LogP contribution < -0.4 is 10.6 Å². The number of aliphatic hydroxyl groups excluding tert-OH is 1. The molecule has 2 aromatic rings. The van der Waals surface area contributed by atoms with E-state index in [1.165, 1.54) is 0 Å². The van der Waals surface area contributed by atoms with Gasteiger partial charge in [0, 0.05) is 23.5 Å². The maximum atomic E-state index is 12.1. The van der Waals surface area contributed by atoms with Gasteiger partial charge in [-0.25, -0.2) is 0 Å². The fourth-order valence-electron chi connectivity index (χ4n) is 2.03. The number of benzene rings is 2. The first-order valence-electron chi connectivity index (χ1n) is 7.42. The Hall–Kier alpha value is -2.84. The molecule has 23 heavy (non-hydrogen) atoms. The van der Waals surface area contributed by atoms with Gasteiger partial charge >= 0.3 is 0 Å². The smallest absolute Gasteiger partial charge is 0.251 e. The van der Waals surface area contributed by atoms with Gasteiger partial charge in [0.1, 0.15) is 0 Å². The Morgan fingerprint density at radius 3 is 2.61 bits per heavy atom. The summed E-state index contributed by atoms with van der Waals surface area (Å²) < 4.78 is 0. The van der Waals surface area contributed by atoms with Crippen LogP contribution in [0.3, 0.4) is 0 Å². The van der Waals surface area contributed by atoms with Crippen molar-refractivity contribution in [3.05, 3.63) is 59.7 Å². The SMILES string of the molecule is CC(O)CCNC(=O)c1cccc(Nc2ccc(C#N)cc2)c1. The predicted molar refractivity (Wildman–Crippen MR) is 89.5 cm³/mol. The zero-order valence-electron chi connectivity index (χ0n) is 12.9. The standard InChI is InChI=1S/C18H19N3O2/c1-13(22)9-10-20-18(23)15-3-2-4-17(11-15)21-16-7-5-14(12-19)6-8-16/h2-8,11,13,21-22H,9-10H2,1H3,(H,20,23). The number of nitrogens with one attached hydrogen (secondary N) is 2. The number of amides is 1. The van der Waals surface area contributed by atoms with Crippen LogP contribution in [0.2, 0.25) is 0 Å². The van der Waals surface area contributed by atoms with Crippen molar-refractivity contribution in [2.75, 3.05) is 11.9 Å². The largest absolute Gasteiger partial charge is 0.393 e. The second-order valence-corrected chi connectivity index (χ2v) is 5.29. The van der Waals surface area contributed by atoms with E-state index in [4.69, 9.17) is 5.26 Å². The number of hydrogen-bond donors (Lipinski definition) is 3. The van der Waals surface area contributed by atoms with E-state index in [9.17, 15) is 9.90 Å². The van der Waals surface area contributed by atoms with Crippen molar-refractivity contribution in [1.29, 1.82) is 5.26 Å². The minimum atomic E-state index is -0.431. The minimum absolute atomic E-state index is 0.172. The highest BCUT2D eigenvalue weighted by atomic mass is 16.3. The molecular formula is C18H19N3O2. The summed E-state index contributed by atoms with van der Waals surface area (Å²) in [6, 6.07) is 16.3. The van der Waals surface area contributed by atoms with Crippen LogP contribution in [0.5, 0.6) is 0 Å². The Morgan fingerprint density at radius 2 is 1.96 bits per heavy atom. The summed E-state index contributed by atoms with van der Waals surface area (Å²) in [5, 5.41) is 24.0. The van der Waals surface area contributed by atoms with Crippen molar-refractivity contribution in [1.82, 2.24) is 5.32 Å². The average Bonchev–Trinajstić information content (AvgIpc) is 2.55. The van der Waals surface area contributed by atoms with E-state index in [1.54, 1.807) is 37.3 Å². The van der Waals surface area contributed by atoms with Crippen molar-refractivity contribution < 1.29 is 9.90 Å². The van der Waals surface area contributed by atoms with Gasteiger partial charge in [-0.15, -0.1) is 0 Å². The number of aliphatic hydroxyl groups is 1. The van der Waals surface area contributed by atoms with E-state index >= 15 is 0 Å². The van der Waals surface area contributed by atoms with Crippen LogP contribution in [-0.2, 0) is 0 Å². The molecule has 0 aliphatic heterocycles. The second kappa shape index (κ2) is 7.97. The summed E-state index contributed by atoms with van der Waals surface area (Å²) in [6.45, 7) is 2.12. The summed E-state index contributed by atoms with van der Waals surface area (Å²) in [5.74, 6) is -0.172. The molecule has 0 heterocycles. The Balaban J connectivity index is 2.01. The van der Waals surface area contributed by atoms with E-state index < -0.39 is 6.10 Å². The molecular weight excluding hydrogens is 290 g/mol. The molecule has 0 saturated heterocycles. The Labute approximate surface area is 135 Å². The van der Waals surface area contributed by atoms with Gasteiger partial charge in [0.25, 0.3) is 5.91 Å². The maximum absolute atomic E-state index is 12.1. The fraction of sp³-hybridized carbons (Fsp3) is 0.222. The zero-order valence-corrected chi connectivity index (χ0v) is 12.9. The number of anilines is 2. The summed E-state index contributed by atoms with van der Waals surface area (Å²) in [7, 11) is 0. The van der Waals surface area contributed by atoms with Gasteiger partial charge in [-0.3, -0.25) is 4.79 Å². The molecule has 0 aromatic heterocycles. The number of nitrogens with zero attached hydrogens (tertiary/aromatic N) is 1. The summed E-state index contributed by atoms with van der Waals surface area (Å²) in [4.78, 5) is 12.1. The zero-order chi connectivity index (χ0) is 16.7. The lowest BCUT2D eigenvalue weighted by atomic mass is 10.1. The van der Waals surface area contributed by atoms with Crippen molar-refractivity contribution >= 4 is 17.3 Å². The first-order valence-corrected chi connectivity index (χ1v) is 7.42. The molecule has 2 rings (SSSR count). The number of hydrogen-bond acceptors (Lipinski definition) is 4. The van der Waals surface area contributed by atoms with E-state index in [0.29, 0.717) is 24.1 Å². The van der Waals surface area contributed by atoms with E-state index in [-0.39, 0.29) is 5.91 Å². The number of rotatable bonds is 6. The summed E-state index contributed by atoms with van der Waals surface area (Å²) in [6.07, 6.45) is 0.0919. The van der Waals surface area contributed by atoms with Gasteiger partial charge in [0.15, 0.2) is 0 Å². The molecule has 118 valence electrons. The van der Waals surface area contributed by atoms with Gasteiger partial charge < -0.3 is 15.7 Å². The highest BCUT2D eigenvalue weighted by Crippen LogP contribution is 2.18. The van der Waals surface area contributed by atoms with Crippen LogP contribution in [0, 0.1) is 11.3 Å². The summed E-state index contributed by atoms with van der Waals surface area (Å²) in [5.41, 5.74) is 2.78. The quantitative estimate of drug-likeness (QED) is 0.766. The fourth-order valence-corrected chi connectivity index (χ4v) is 2.03. The first-order chi connectivity index (χ1) is 11.1. The molecule has 0 spiro atoms. The molecule has 1 amide bonds. The molecule has 0 aliphatic rings. The highest BCUT2D eigenvalue weighted by Gasteiger charge is 2.06. The van der Waals surface area contributed by atoms with Crippen molar-refractivity contribution in [2.45, 2.75) is 19.4 Å². The van der Waals surface area contributed by atoms with Crippen LogP contribution in [0.1, 0.15) is 29.3 Å². The van der Waals surface area contributed by atoms with Gasteiger partial charge in [-0.1, -0.05) is 6.07 Å². The second-order valence-electron chi connectivity index (χ2n) is 5.29. The van der Waals surface area contributed by atoms with Gasteiger partial charge in [-0.2, -0.15) is 5.26 Å². The molecule has 1 unspecified atom stereocenters. The maximum Gasteiger partial charge on any atom is 0.251 e. The van der Waals surface area contributed by atoms with Gasteiger partial charge in [-0.05, 0) is 55.8 Å². The first kappa shape index (κ1) is 16.5. The van der Waals surface area contributed by atoms with Crippen LogP contribution in [0.15, 0.2) is 48.5 Å². The van der Waals surface area contributed by atoms with Crippen LogP contribution in [-0.4, -0.2) is 23.7 Å². The van der Waals surface area contributed by atoms with Crippen molar-refractivity contribution in [3.8, 4) is 6.07 Å². The Kier molecular flexibility index (Phi) is 5.73. The minimum Gasteiger partial charge on any atom is -0.393 e. The number of carbonyl (C=O) groups excluding carboxylic acids is 1. The normalized spacial score (nSPS) is 11.3. The van der Waals surface area contributed by atoms with Gasteiger partial charge in [0.2, 0.25) is 0 Å². The molecule has 2 aromatic carbocycles. The number of carbonyl (C=O) groups is 1. The summed E-state index contributed by atoms with van der Waals surface area (Å²) >= 11 is 0. The van der Waals surface area contributed by atoms with Crippen LogP contribution >= 0.6 is 0 Å². The van der Waals surface area contributed by atoms with E-state index in [0.717, 1.165) is 11.4 Å². The van der Waals surface area contributed by atoms with Crippen molar-refractivity contribution in [3.63, 3.8) is 0 Å². The molecule has 1 atom stereocenters. The van der Waals surface area contributed by atoms with E-state index in [2.05, 4.69) is 16.7 Å². The number of nitriles is 1. The molecule has 3 N–H and O–H groups in total. The third-order valence-electron chi connectivity index (χ3n) is 3.28. The third kappa shape index (κ3) is 5.13. The van der Waals surface area contributed by atoms with Crippen LogP contribution in [0.4, 0.5) is 11.4 Å². The van der Waals surface area contributed by atoms with Crippen LogP contribution in [0.25, 0.3) is 0 Å². The highest BCUT2D eigenvalue weighted by molar-refractivity contribution is 5.95. The monoisotopic (exact) mass is 309 g/mol. The molecule has 5 heteroatoms. The Morgan fingerprint density at radius 1 is 1.22 bits per heavy atom. The molecule has 0 fully saturated rings. The predicted octanol–water partition coefficient (Wildman–Crippen LogP) is 2.80. The molecule has 0 radical (unpaired) electrons. The molecule has 0 aliphatic carbocycles.